The van der Waals surface area contributed by atoms with E-state index in [0.29, 0.717) is 10.5 Å². The molecule has 0 N–H and O–H groups in total. The van der Waals surface area contributed by atoms with Crippen molar-refractivity contribution in [1.29, 1.82) is 0 Å². The second-order valence-electron chi connectivity index (χ2n) is 7.06. The van der Waals surface area contributed by atoms with Crippen LogP contribution in [0, 0.1) is 0 Å². The number of hydrogen-bond donors (Lipinski definition) is 0. The van der Waals surface area contributed by atoms with E-state index >= 15 is 0 Å². The van der Waals surface area contributed by atoms with E-state index in [9.17, 15) is 26.4 Å². The Morgan fingerprint density at radius 2 is 1.58 bits per heavy atom. The van der Waals surface area contributed by atoms with Crippen LogP contribution in [0.5, 0.6) is 0 Å². The van der Waals surface area contributed by atoms with Gasteiger partial charge in [0.25, 0.3) is 0 Å². The van der Waals surface area contributed by atoms with Gasteiger partial charge in [0.15, 0.2) is 0 Å². The van der Waals surface area contributed by atoms with Gasteiger partial charge in [0.1, 0.15) is 6.17 Å². The van der Waals surface area contributed by atoms with Crippen molar-refractivity contribution in [3.63, 3.8) is 0 Å². The number of amides is 1. The number of rotatable bonds is 6. The first kappa shape index (κ1) is 23.1. The molecule has 1 fully saturated rings. The molecule has 168 valence electrons. The van der Waals surface area contributed by atoms with Gasteiger partial charge in [-0.3, -0.25) is 4.79 Å². The Morgan fingerprint density at radius 3 is 2.10 bits per heavy atom. The molecule has 2 aromatic rings. The average Bonchev–Trinajstić information content (AvgIpc) is 3.20. The molecule has 10 heteroatoms. The van der Waals surface area contributed by atoms with Crippen molar-refractivity contribution >= 4 is 21.6 Å². The molecule has 0 saturated carbocycles. The summed E-state index contributed by atoms with van der Waals surface area (Å²) in [5, 5.41) is 0. The topological polar surface area (TPSA) is 60.9 Å². The van der Waals surface area contributed by atoms with Crippen LogP contribution < -0.4 is 4.90 Å². The number of sulfonamides is 1. The van der Waals surface area contributed by atoms with E-state index in [-0.39, 0.29) is 18.0 Å². The number of hydrogen-bond acceptors (Lipinski definition) is 4. The van der Waals surface area contributed by atoms with Gasteiger partial charge < -0.3 is 9.80 Å². The highest BCUT2D eigenvalue weighted by Crippen LogP contribution is 2.38. The van der Waals surface area contributed by atoms with Gasteiger partial charge in [-0.25, -0.2) is 8.42 Å². The van der Waals surface area contributed by atoms with Crippen molar-refractivity contribution < 1.29 is 26.4 Å². The molecule has 3 rings (SSSR count). The third kappa shape index (κ3) is 4.54. The highest BCUT2D eigenvalue weighted by atomic mass is 32.2. The molecular formula is C21H24F3N3O3S. The predicted octanol–water partition coefficient (Wildman–Crippen LogP) is 3.63. The maximum absolute atomic E-state index is 13.2. The number of nitrogens with zero attached hydrogens (tertiary/aromatic N) is 3. The summed E-state index contributed by atoms with van der Waals surface area (Å²) < 4.78 is 67.1. The standard InChI is InChI=1S/C21H24F3N3O3S/c1-3-25(4-2)17-12-10-16(11-13-17)19-26(20(28)21(22,23)24)14-15-27(19)31(29,30)18-8-6-5-7-9-18/h5-13,19H,3-4,14-15H2,1-2H3/t19-/m1/s1. The molecule has 1 atom stereocenters. The van der Waals surface area contributed by atoms with Crippen LogP contribution in [0.3, 0.4) is 0 Å². The lowest BCUT2D eigenvalue weighted by molar-refractivity contribution is -0.187. The molecule has 0 radical (unpaired) electrons. The summed E-state index contributed by atoms with van der Waals surface area (Å²) in [5.41, 5.74) is 1.16. The third-order valence-corrected chi connectivity index (χ3v) is 7.17. The molecule has 2 aromatic carbocycles. The predicted molar refractivity (Wildman–Crippen MR) is 111 cm³/mol. The van der Waals surface area contributed by atoms with Crippen molar-refractivity contribution in [3.05, 3.63) is 60.2 Å². The highest BCUT2D eigenvalue weighted by molar-refractivity contribution is 7.89. The van der Waals surface area contributed by atoms with Gasteiger partial charge >= 0.3 is 12.1 Å². The summed E-state index contributed by atoms with van der Waals surface area (Å²) in [4.78, 5) is 14.7. The van der Waals surface area contributed by atoms with Gasteiger partial charge in [-0.1, -0.05) is 30.3 Å². The molecule has 1 amide bonds. The van der Waals surface area contributed by atoms with Crippen LogP contribution in [-0.2, 0) is 14.8 Å². The second-order valence-corrected chi connectivity index (χ2v) is 8.95. The van der Waals surface area contributed by atoms with Gasteiger partial charge in [0, 0.05) is 31.9 Å². The van der Waals surface area contributed by atoms with Gasteiger partial charge in [0.2, 0.25) is 10.0 Å². The summed E-state index contributed by atoms with van der Waals surface area (Å²) in [7, 11) is -4.12. The number of carbonyl (C=O) groups excluding carboxylic acids is 1. The molecule has 31 heavy (non-hydrogen) atoms. The van der Waals surface area contributed by atoms with Crippen molar-refractivity contribution in [2.24, 2.45) is 0 Å². The molecule has 0 aliphatic carbocycles. The summed E-state index contributed by atoms with van der Waals surface area (Å²) >= 11 is 0. The van der Waals surface area contributed by atoms with Crippen LogP contribution in [0.25, 0.3) is 0 Å². The number of halogens is 3. The first-order valence-electron chi connectivity index (χ1n) is 9.90. The van der Waals surface area contributed by atoms with E-state index in [1.165, 1.54) is 24.3 Å². The fraction of sp³-hybridized carbons (Fsp3) is 0.381. The Hall–Kier alpha value is -2.59. The summed E-state index contributed by atoms with van der Waals surface area (Å²) in [6.07, 6.45) is -6.49. The van der Waals surface area contributed by atoms with Gasteiger partial charge in [0.05, 0.1) is 4.90 Å². The van der Waals surface area contributed by atoms with Crippen LogP contribution in [0.4, 0.5) is 18.9 Å². The SMILES string of the molecule is CCN(CC)c1ccc([C@@H]2N(C(=O)C(F)(F)F)CCN2S(=O)(=O)c2ccccc2)cc1. The van der Waals surface area contributed by atoms with Crippen molar-refractivity contribution in [2.75, 3.05) is 31.1 Å². The largest absolute Gasteiger partial charge is 0.471 e. The monoisotopic (exact) mass is 455 g/mol. The van der Waals surface area contributed by atoms with E-state index in [4.69, 9.17) is 0 Å². The third-order valence-electron chi connectivity index (χ3n) is 5.30. The second kappa shape index (κ2) is 8.88. The zero-order valence-electron chi connectivity index (χ0n) is 17.2. The quantitative estimate of drug-likeness (QED) is 0.668. The Morgan fingerprint density at radius 1 is 1.00 bits per heavy atom. The summed E-state index contributed by atoms with van der Waals surface area (Å²) in [6.45, 7) is 4.85. The van der Waals surface area contributed by atoms with E-state index < -0.39 is 28.3 Å². The Kier molecular flexibility index (Phi) is 6.61. The molecule has 1 saturated heterocycles. The Labute approximate surface area is 179 Å². The van der Waals surface area contributed by atoms with E-state index in [1.54, 1.807) is 30.3 Å². The first-order chi connectivity index (χ1) is 14.6. The summed E-state index contributed by atoms with van der Waals surface area (Å²) in [5.74, 6) is -2.06. The lowest BCUT2D eigenvalue weighted by Crippen LogP contribution is -2.43. The number of alkyl halides is 3. The molecule has 6 nitrogen and oxygen atoms in total. The number of anilines is 1. The molecule has 0 aromatic heterocycles. The lowest BCUT2D eigenvalue weighted by Gasteiger charge is -2.31. The van der Waals surface area contributed by atoms with E-state index in [0.717, 1.165) is 23.1 Å². The van der Waals surface area contributed by atoms with Gasteiger partial charge in [-0.05, 0) is 43.7 Å². The lowest BCUT2D eigenvalue weighted by atomic mass is 10.1. The maximum Gasteiger partial charge on any atom is 0.471 e. The average molecular weight is 456 g/mol. The maximum atomic E-state index is 13.2. The van der Waals surface area contributed by atoms with Crippen molar-refractivity contribution in [1.82, 2.24) is 9.21 Å². The molecule has 1 aliphatic rings. The zero-order valence-corrected chi connectivity index (χ0v) is 18.0. The molecule has 1 aliphatic heterocycles. The molecule has 0 bridgehead atoms. The number of carbonyl (C=O) groups is 1. The Balaban J connectivity index is 2.05. The fourth-order valence-corrected chi connectivity index (χ4v) is 5.35. The molecule has 1 heterocycles. The Bertz CT molecular complexity index is 1010. The normalized spacial score (nSPS) is 17.7. The summed E-state index contributed by atoms with van der Waals surface area (Å²) in [6, 6.07) is 14.1. The van der Waals surface area contributed by atoms with E-state index in [1.807, 2.05) is 13.8 Å². The minimum Gasteiger partial charge on any atom is -0.372 e. The molecule has 0 unspecified atom stereocenters. The van der Waals surface area contributed by atoms with Gasteiger partial charge in [-0.15, -0.1) is 0 Å². The van der Waals surface area contributed by atoms with Gasteiger partial charge in [-0.2, -0.15) is 17.5 Å². The van der Waals surface area contributed by atoms with Crippen LogP contribution in [0.2, 0.25) is 0 Å². The fourth-order valence-electron chi connectivity index (χ4n) is 3.75. The van der Waals surface area contributed by atoms with Crippen LogP contribution in [-0.4, -0.2) is 55.9 Å². The number of benzene rings is 2. The van der Waals surface area contributed by atoms with Crippen molar-refractivity contribution in [3.8, 4) is 0 Å². The minimum absolute atomic E-state index is 0.0407. The highest BCUT2D eigenvalue weighted by Gasteiger charge is 2.51. The minimum atomic E-state index is -5.11. The first-order valence-corrected chi connectivity index (χ1v) is 11.3. The van der Waals surface area contributed by atoms with E-state index in [2.05, 4.69) is 4.90 Å². The molecular weight excluding hydrogens is 431 g/mol. The smallest absolute Gasteiger partial charge is 0.372 e. The zero-order chi connectivity index (χ0) is 22.8. The van der Waals surface area contributed by atoms with Crippen molar-refractivity contribution in [2.45, 2.75) is 31.1 Å². The molecule has 0 spiro atoms. The van der Waals surface area contributed by atoms with Crippen LogP contribution >= 0.6 is 0 Å². The van der Waals surface area contributed by atoms with Crippen LogP contribution in [0.1, 0.15) is 25.6 Å². The van der Waals surface area contributed by atoms with Crippen LogP contribution in [0.15, 0.2) is 59.5 Å².